The molecule has 4 aliphatic rings. The van der Waals surface area contributed by atoms with Gasteiger partial charge in [-0.1, -0.05) is 6.07 Å². The van der Waals surface area contributed by atoms with Gasteiger partial charge in [-0.05, 0) is 93.4 Å². The van der Waals surface area contributed by atoms with Gasteiger partial charge >= 0.3 is 11.7 Å². The second-order valence-electron chi connectivity index (χ2n) is 9.99. The Bertz CT molecular complexity index is 1200. The van der Waals surface area contributed by atoms with Crippen LogP contribution >= 0.6 is 0 Å². The van der Waals surface area contributed by atoms with Gasteiger partial charge in [0.15, 0.2) is 0 Å². The molecule has 4 aliphatic carbocycles. The topological polar surface area (TPSA) is 117 Å². The van der Waals surface area contributed by atoms with Crippen LogP contribution in [-0.2, 0) is 0 Å². The fourth-order valence-electron chi connectivity index (χ4n) is 6.41. The quantitative estimate of drug-likeness (QED) is 0.642. The number of carbonyl (C=O) groups is 1. The molecule has 0 spiro atoms. The van der Waals surface area contributed by atoms with E-state index < -0.39 is 23.2 Å². The molecule has 8 heteroatoms. The van der Waals surface area contributed by atoms with E-state index in [0.29, 0.717) is 23.4 Å². The molecule has 1 aromatic heterocycles. The lowest BCUT2D eigenvalue weighted by Crippen LogP contribution is -2.59. The average molecular weight is 437 g/mol. The number of hydrogen-bond acceptors (Lipinski definition) is 4. The molecule has 0 radical (unpaired) electrons. The van der Waals surface area contributed by atoms with E-state index in [1.807, 2.05) is 19.9 Å². The zero-order valence-corrected chi connectivity index (χ0v) is 18.4. The Hall–Kier alpha value is -3.16. The van der Waals surface area contributed by atoms with Crippen LogP contribution in [0.25, 0.3) is 5.69 Å². The largest absolute Gasteiger partial charge is 0.493 e. The summed E-state index contributed by atoms with van der Waals surface area (Å²) in [7, 11) is 0. The van der Waals surface area contributed by atoms with Crippen LogP contribution in [0.3, 0.4) is 0 Å². The molecule has 6 rings (SSSR count). The van der Waals surface area contributed by atoms with Crippen molar-refractivity contribution in [2.45, 2.75) is 57.9 Å². The van der Waals surface area contributed by atoms with E-state index in [-0.39, 0.29) is 11.1 Å². The van der Waals surface area contributed by atoms with Crippen molar-refractivity contribution in [3.05, 3.63) is 55.7 Å². The van der Waals surface area contributed by atoms with Gasteiger partial charge in [0.2, 0.25) is 5.88 Å². The number of carbonyl (C=O) groups excluding carboxylic acids is 1. The summed E-state index contributed by atoms with van der Waals surface area (Å²) in [5.41, 5.74) is 0.405. The highest BCUT2D eigenvalue weighted by Gasteiger charge is 2.51. The summed E-state index contributed by atoms with van der Waals surface area (Å²) in [6.45, 7) is 3.83. The van der Waals surface area contributed by atoms with Gasteiger partial charge in [-0.15, -0.1) is 0 Å². The Morgan fingerprint density at radius 3 is 2.34 bits per heavy atom. The lowest BCUT2D eigenvalue weighted by atomic mass is 9.53. The van der Waals surface area contributed by atoms with Crippen LogP contribution in [0.2, 0.25) is 0 Å². The minimum absolute atomic E-state index is 0.199. The molecule has 4 saturated carbocycles. The fourth-order valence-corrected chi connectivity index (χ4v) is 6.41. The number of aromatic amines is 1. The maximum Gasteiger partial charge on any atom is 0.341 e. The Kier molecular flexibility index (Phi) is 4.83. The Labute approximate surface area is 185 Å². The predicted octanol–water partition coefficient (Wildman–Crippen LogP) is 2.95. The highest BCUT2D eigenvalue weighted by molar-refractivity contribution is 5.92. The number of nitrogens with one attached hydrogen (secondary N) is 2. The van der Waals surface area contributed by atoms with Crippen LogP contribution in [0.5, 0.6) is 5.88 Å². The highest BCUT2D eigenvalue weighted by Crippen LogP contribution is 2.55. The first-order valence-corrected chi connectivity index (χ1v) is 11.3. The lowest BCUT2D eigenvalue weighted by Gasteiger charge is -2.56. The van der Waals surface area contributed by atoms with Crippen LogP contribution < -0.4 is 16.6 Å². The third kappa shape index (κ3) is 3.57. The maximum atomic E-state index is 12.7. The van der Waals surface area contributed by atoms with Crippen LogP contribution in [0, 0.1) is 31.6 Å². The summed E-state index contributed by atoms with van der Waals surface area (Å²) in [6.07, 6.45) is 7.81. The standard InChI is InChI=1S/C24H28N4O4/c1-13-3-4-18(5-14(13)2)28-21(30)19(20(29)26-23(28)32)12-25-22(31)27-24-9-15-6-16(10-24)8-17(7-15)11-24/h3-5,12,15-17,30H,6-11H2,1-2H3,(H,27,31)(H,26,29,32). The Balaban J connectivity index is 1.41. The fraction of sp³-hybridized carbons (Fsp3) is 0.500. The summed E-state index contributed by atoms with van der Waals surface area (Å²) in [5, 5.41) is 13.8. The second kappa shape index (κ2) is 7.46. The second-order valence-corrected chi connectivity index (χ2v) is 9.99. The third-order valence-electron chi connectivity index (χ3n) is 7.59. The molecule has 0 unspecified atom stereocenters. The number of amides is 2. The van der Waals surface area contributed by atoms with Crippen molar-refractivity contribution >= 4 is 12.2 Å². The average Bonchev–Trinajstić information content (AvgIpc) is 2.68. The Morgan fingerprint density at radius 1 is 1.12 bits per heavy atom. The molecule has 1 heterocycles. The molecular formula is C24H28N4O4. The molecule has 0 aliphatic heterocycles. The molecule has 0 atom stereocenters. The van der Waals surface area contributed by atoms with Crippen molar-refractivity contribution in [3.63, 3.8) is 0 Å². The molecular weight excluding hydrogens is 408 g/mol. The van der Waals surface area contributed by atoms with Gasteiger partial charge < -0.3 is 10.4 Å². The van der Waals surface area contributed by atoms with Crippen molar-refractivity contribution in [2.24, 2.45) is 22.7 Å². The summed E-state index contributed by atoms with van der Waals surface area (Å²) in [5.74, 6) is 1.49. The molecule has 8 nitrogen and oxygen atoms in total. The van der Waals surface area contributed by atoms with Gasteiger partial charge in [-0.3, -0.25) is 9.78 Å². The maximum absolute atomic E-state index is 12.7. The molecule has 2 amide bonds. The number of nitrogens with zero attached hydrogens (tertiary/aromatic N) is 2. The molecule has 3 N–H and O–H groups in total. The van der Waals surface area contributed by atoms with E-state index in [2.05, 4.69) is 15.3 Å². The van der Waals surface area contributed by atoms with Gasteiger partial charge in [0.1, 0.15) is 5.56 Å². The van der Waals surface area contributed by atoms with Crippen LogP contribution in [0.15, 0.2) is 32.8 Å². The summed E-state index contributed by atoms with van der Waals surface area (Å²) >= 11 is 0. The predicted molar refractivity (Wildman–Crippen MR) is 121 cm³/mol. The van der Waals surface area contributed by atoms with Crippen molar-refractivity contribution in [1.82, 2.24) is 14.9 Å². The van der Waals surface area contributed by atoms with E-state index in [9.17, 15) is 19.5 Å². The van der Waals surface area contributed by atoms with Crippen molar-refractivity contribution < 1.29 is 9.90 Å². The first-order chi connectivity index (χ1) is 15.2. The van der Waals surface area contributed by atoms with Crippen LogP contribution in [0.1, 0.15) is 55.2 Å². The van der Waals surface area contributed by atoms with Crippen molar-refractivity contribution in [1.29, 1.82) is 0 Å². The number of aryl methyl sites for hydroxylation is 2. The summed E-state index contributed by atoms with van der Waals surface area (Å²) in [6, 6.07) is 4.74. The first-order valence-electron chi connectivity index (χ1n) is 11.3. The monoisotopic (exact) mass is 436 g/mol. The van der Waals surface area contributed by atoms with Gasteiger partial charge in [-0.25, -0.2) is 19.1 Å². The zero-order valence-electron chi connectivity index (χ0n) is 18.4. The SMILES string of the molecule is Cc1ccc(-n2c(O)c(C=NC(=O)NC34CC5CC(CC(C5)C3)C4)c(=O)[nH]c2=O)cc1C. The lowest BCUT2D eigenvalue weighted by molar-refractivity contribution is -0.0129. The van der Waals surface area contributed by atoms with E-state index in [1.165, 1.54) is 19.3 Å². The van der Waals surface area contributed by atoms with Crippen molar-refractivity contribution in [3.8, 4) is 11.6 Å². The van der Waals surface area contributed by atoms with E-state index in [1.54, 1.807) is 12.1 Å². The molecule has 32 heavy (non-hydrogen) atoms. The van der Waals surface area contributed by atoms with Gasteiger partial charge in [-0.2, -0.15) is 0 Å². The molecule has 4 bridgehead atoms. The van der Waals surface area contributed by atoms with Crippen molar-refractivity contribution in [2.75, 3.05) is 0 Å². The van der Waals surface area contributed by atoms with E-state index >= 15 is 0 Å². The Morgan fingerprint density at radius 2 is 1.75 bits per heavy atom. The number of rotatable bonds is 3. The minimum atomic E-state index is -0.793. The van der Waals surface area contributed by atoms with Crippen LogP contribution in [0.4, 0.5) is 4.79 Å². The molecule has 0 saturated heterocycles. The summed E-state index contributed by atoms with van der Waals surface area (Å²) < 4.78 is 1.01. The van der Waals surface area contributed by atoms with E-state index in [4.69, 9.17) is 0 Å². The van der Waals surface area contributed by atoms with Gasteiger partial charge in [0.05, 0.1) is 11.9 Å². The molecule has 1 aromatic carbocycles. The highest BCUT2D eigenvalue weighted by atomic mass is 16.3. The number of urea groups is 1. The van der Waals surface area contributed by atoms with Gasteiger partial charge in [0, 0.05) is 5.54 Å². The number of aromatic nitrogens is 2. The van der Waals surface area contributed by atoms with E-state index in [0.717, 1.165) is 41.2 Å². The summed E-state index contributed by atoms with van der Waals surface area (Å²) in [4.78, 5) is 43.5. The number of H-pyrrole nitrogens is 1. The number of aliphatic imine (C=N–C) groups is 1. The number of benzene rings is 1. The zero-order chi connectivity index (χ0) is 22.6. The third-order valence-corrected chi connectivity index (χ3v) is 7.59. The first kappa shape index (κ1) is 20.7. The van der Waals surface area contributed by atoms with Crippen LogP contribution in [-0.4, -0.2) is 32.4 Å². The smallest absolute Gasteiger partial charge is 0.341 e. The normalized spacial score (nSPS) is 28.4. The molecule has 2 aromatic rings. The molecule has 168 valence electrons. The molecule has 4 fully saturated rings. The number of hydrogen-bond donors (Lipinski definition) is 3. The number of aromatic hydroxyl groups is 1. The van der Waals surface area contributed by atoms with Gasteiger partial charge in [0.25, 0.3) is 5.56 Å². The minimum Gasteiger partial charge on any atom is -0.493 e.